The lowest BCUT2D eigenvalue weighted by atomic mass is 10.00. The summed E-state index contributed by atoms with van der Waals surface area (Å²) in [5.74, 6) is -4.86. The number of fused-ring (bicyclic) bond motifs is 3. The fraction of sp³-hybridized carbons (Fsp3) is 0.412. The summed E-state index contributed by atoms with van der Waals surface area (Å²) in [6, 6.07) is 24.2. The molecular formula is C80H95N13O19S. The van der Waals surface area contributed by atoms with Gasteiger partial charge in [-0.05, 0) is 104 Å². The number of imide groups is 1. The molecule has 5 atom stereocenters. The monoisotopic (exact) mass is 1570 g/mol. The van der Waals surface area contributed by atoms with Crippen LogP contribution < -0.4 is 42.0 Å². The van der Waals surface area contributed by atoms with Gasteiger partial charge in [0.05, 0.1) is 80.3 Å². The third kappa shape index (κ3) is 22.3. The lowest BCUT2D eigenvalue weighted by Crippen LogP contribution is -2.53. The fourth-order valence-electron chi connectivity index (χ4n) is 13.1. The summed E-state index contributed by atoms with van der Waals surface area (Å²) < 4.78 is 44.8. The van der Waals surface area contributed by atoms with E-state index in [1.54, 1.807) is 116 Å². The molecular weight excluding hydrogens is 1480 g/mol. The molecule has 2 saturated heterocycles. The van der Waals surface area contributed by atoms with Crippen LogP contribution in [0.5, 0.6) is 5.75 Å². The average Bonchev–Trinajstić information content (AvgIpc) is 1.62. The number of likely N-dealkylation sites (tertiary alicyclic amines) is 1. The number of nitrogens with one attached hydrogen (secondary N) is 5. The summed E-state index contributed by atoms with van der Waals surface area (Å²) in [5.41, 5.74) is 12.3. The van der Waals surface area contributed by atoms with Crippen molar-refractivity contribution in [1.82, 2.24) is 44.4 Å². The average molecular weight is 1570 g/mol. The highest BCUT2D eigenvalue weighted by Crippen LogP contribution is 2.41. The highest BCUT2D eigenvalue weighted by Gasteiger charge is 2.48. The standard InChI is InChI=1S/C80H95N13O19S/c1-48-34-64-79(111-29-24-83-71(98)47-109-46-70(97)82-23-28-107-32-33-108-31-30-106-7)93(80(105)112-45-53-13-11-52(12-14-53)37-65(95)51(4)84-74(100)50(3)35-59(94)22-26-91-72(99)41-67(113-8)78(91)104)62-40-66(49(2)36-60(62)76(102)92(64)42-48)110-27-9-10-69(96)86-68-44-89(6)73(87-68)75(101)85-58-18-15-54(16-19-58)56-39-63(88(5)43-56)77(103)90-25-21-55-38-57(81)17-20-61(55)90/h11-21,25,36,38-40,43-44,50-51,64,67,79H,1,9-10,22-24,26-35,37,41-42,45-47,81H2,2-8H3,(H,82,97)(H,83,98)(H,84,100)(H,85,101)(H,86,96)/t50-,51+,64+,67?,79+/m1/s1. The van der Waals surface area contributed by atoms with Gasteiger partial charge < -0.3 is 79.5 Å². The molecule has 0 bridgehead atoms. The van der Waals surface area contributed by atoms with Gasteiger partial charge in [0.2, 0.25) is 41.3 Å². The zero-order chi connectivity index (χ0) is 81.0. The third-order valence-electron chi connectivity index (χ3n) is 19.1. The Hall–Kier alpha value is -11.4. The Morgan fingerprint density at radius 2 is 1.45 bits per heavy atom. The second-order valence-corrected chi connectivity index (χ2v) is 28.7. The number of ether oxygens (including phenoxy) is 7. The molecule has 1 unspecified atom stereocenters. The number of hydrogen-bond acceptors (Lipinski definition) is 22. The molecule has 0 spiro atoms. The first-order chi connectivity index (χ1) is 54.3. The molecule has 32 nitrogen and oxygen atoms in total. The van der Waals surface area contributed by atoms with Gasteiger partial charge in [0, 0.05) is 132 Å². The molecule has 0 saturated carbocycles. The zero-order valence-corrected chi connectivity index (χ0v) is 65.0. The molecule has 33 heteroatoms. The number of Topliss-reactive ketones (excluding diaryl/α,β-unsaturated/α-hetero) is 2. The molecule has 3 aromatic heterocycles. The van der Waals surface area contributed by atoms with Crippen molar-refractivity contribution in [2.24, 2.45) is 20.0 Å². The van der Waals surface area contributed by atoms with E-state index < -0.39 is 84.2 Å². The number of hydrogen-bond donors (Lipinski definition) is 6. The molecule has 3 aliphatic heterocycles. The maximum atomic E-state index is 15.0. The quantitative estimate of drug-likeness (QED) is 0.0106. The Labute approximate surface area is 657 Å². The van der Waals surface area contributed by atoms with Gasteiger partial charge in [0.25, 0.3) is 17.7 Å². The number of ketones is 2. The molecule has 0 radical (unpaired) electrons. The highest BCUT2D eigenvalue weighted by atomic mass is 32.2. The molecule has 113 heavy (non-hydrogen) atoms. The van der Waals surface area contributed by atoms with Crippen molar-refractivity contribution in [1.29, 1.82) is 0 Å². The number of rotatable bonds is 40. The first-order valence-corrected chi connectivity index (χ1v) is 38.3. The smallest absolute Gasteiger partial charge is 0.416 e. The number of carbonyl (C=O) groups excluding carboxylic acids is 12. The summed E-state index contributed by atoms with van der Waals surface area (Å²) >= 11 is 1.28. The summed E-state index contributed by atoms with van der Waals surface area (Å²) in [6.45, 7) is 9.65. The van der Waals surface area contributed by atoms with Crippen LogP contribution in [0.25, 0.3) is 22.0 Å². The van der Waals surface area contributed by atoms with E-state index in [-0.39, 0.29) is 155 Å². The van der Waals surface area contributed by atoms with Gasteiger partial charge in [-0.25, -0.2) is 14.7 Å². The van der Waals surface area contributed by atoms with Crippen molar-refractivity contribution >= 4 is 116 Å². The Kier molecular flexibility index (Phi) is 29.5. The fourth-order valence-corrected chi connectivity index (χ4v) is 13.7. The van der Waals surface area contributed by atoms with Gasteiger partial charge >= 0.3 is 6.09 Å². The Morgan fingerprint density at radius 1 is 0.743 bits per heavy atom. The molecule has 9 amide bonds. The van der Waals surface area contributed by atoms with E-state index in [1.807, 2.05) is 36.5 Å². The third-order valence-corrected chi connectivity index (χ3v) is 20.1. The summed E-state index contributed by atoms with van der Waals surface area (Å²) in [6.07, 6.45) is 4.74. The number of imidazole rings is 1. The van der Waals surface area contributed by atoms with E-state index >= 15 is 4.79 Å². The van der Waals surface area contributed by atoms with Gasteiger partial charge in [-0.2, -0.15) is 11.8 Å². The minimum atomic E-state index is -1.25. The first-order valence-electron chi connectivity index (χ1n) is 37.0. The van der Waals surface area contributed by atoms with Gasteiger partial charge in [0.15, 0.2) is 17.8 Å². The van der Waals surface area contributed by atoms with Crippen LogP contribution in [-0.2, 0) is 93.9 Å². The van der Waals surface area contributed by atoms with Gasteiger partial charge in [0.1, 0.15) is 37.0 Å². The second-order valence-electron chi connectivity index (χ2n) is 27.7. The van der Waals surface area contributed by atoms with Crippen LogP contribution in [0.4, 0.5) is 27.7 Å². The van der Waals surface area contributed by atoms with Crippen LogP contribution in [0.3, 0.4) is 0 Å². The molecule has 7 N–H and O–H groups in total. The van der Waals surface area contributed by atoms with Crippen LogP contribution >= 0.6 is 11.8 Å². The number of carbonyl (C=O) groups is 12. The van der Waals surface area contributed by atoms with Crippen LogP contribution in [0.15, 0.2) is 122 Å². The Morgan fingerprint density at radius 3 is 2.17 bits per heavy atom. The van der Waals surface area contributed by atoms with Crippen molar-refractivity contribution in [3.05, 3.63) is 156 Å². The topological polar surface area (TPSA) is 393 Å². The maximum absolute atomic E-state index is 15.0. The van der Waals surface area contributed by atoms with Crippen LogP contribution in [0.2, 0.25) is 0 Å². The lowest BCUT2D eigenvalue weighted by molar-refractivity contribution is -0.139. The summed E-state index contributed by atoms with van der Waals surface area (Å²) in [4.78, 5) is 169. The van der Waals surface area contributed by atoms with Crippen molar-refractivity contribution < 1.29 is 90.7 Å². The van der Waals surface area contributed by atoms with Crippen molar-refractivity contribution in [2.45, 2.75) is 95.9 Å². The summed E-state index contributed by atoms with van der Waals surface area (Å²) in [7, 11) is 4.99. The van der Waals surface area contributed by atoms with E-state index in [9.17, 15) is 52.7 Å². The molecule has 6 heterocycles. The maximum Gasteiger partial charge on any atom is 0.416 e. The second kappa shape index (κ2) is 39.7. The van der Waals surface area contributed by atoms with Crippen molar-refractivity contribution in [2.75, 3.05) is 120 Å². The number of nitrogens with zero attached hydrogens (tertiary/aromatic N) is 7. The normalized spacial score (nSPS) is 15.8. The van der Waals surface area contributed by atoms with Crippen LogP contribution in [-0.4, -0.2) is 222 Å². The lowest BCUT2D eigenvalue weighted by Gasteiger charge is -2.35. The zero-order valence-electron chi connectivity index (χ0n) is 64.2. The SMILES string of the molecule is C=C1C[C@H]2[C@H](OCCNC(=O)COCC(=O)NCCOCCOCCOC)N(C(=O)OCc3ccc(CC(=O)[C@H](C)NC(=O)[C@H](C)CC(=O)CCN4C(=O)CC(SC)C4=O)cc3)c3cc(OCCCC(=O)Nc4cn(C)c(C(=O)Nc5ccc(-c6cc(C(=O)n7ccc8cc(N)ccc87)n(C)c6)cc5)n4)c(C)cc3C(=O)N2C1. The predicted octanol–water partition coefficient (Wildman–Crippen LogP) is 6.30. The molecule has 7 aromatic rings. The van der Waals surface area contributed by atoms with Gasteiger partial charge in [-0.3, -0.25) is 62.2 Å². The number of amides is 9. The van der Waals surface area contributed by atoms with Crippen molar-refractivity contribution in [3.8, 4) is 16.9 Å². The highest BCUT2D eigenvalue weighted by molar-refractivity contribution is 8.00. The largest absolute Gasteiger partial charge is 0.493 e. The van der Waals surface area contributed by atoms with E-state index in [2.05, 4.69) is 38.1 Å². The molecule has 4 aromatic carbocycles. The minimum absolute atomic E-state index is 0.0128. The number of methoxy groups -OCH3 is 1. The number of nitrogen functional groups attached to an aromatic ring is 1. The number of thioether (sulfide) groups is 1. The van der Waals surface area contributed by atoms with Gasteiger partial charge in [-0.1, -0.05) is 55.5 Å². The predicted molar refractivity (Wildman–Crippen MR) is 419 cm³/mol. The van der Waals surface area contributed by atoms with Crippen molar-refractivity contribution in [3.63, 3.8) is 0 Å². The van der Waals surface area contributed by atoms with Crippen LogP contribution in [0, 0.1) is 12.8 Å². The number of nitrogens with two attached hydrogens (primary N) is 1. The van der Waals surface area contributed by atoms with E-state index in [0.29, 0.717) is 65.8 Å². The molecule has 2 fully saturated rings. The Bertz CT molecular complexity index is 4690. The van der Waals surface area contributed by atoms with Gasteiger partial charge in [-0.15, -0.1) is 0 Å². The van der Waals surface area contributed by atoms with E-state index in [4.69, 9.17) is 38.9 Å². The first kappa shape index (κ1) is 84.1. The number of anilines is 4. The van der Waals surface area contributed by atoms with E-state index in [0.717, 1.165) is 26.9 Å². The minimum Gasteiger partial charge on any atom is -0.493 e. The van der Waals surface area contributed by atoms with E-state index in [1.165, 1.54) is 40.4 Å². The molecule has 10 rings (SSSR count). The molecule has 3 aliphatic rings. The number of aryl methyl sites for hydroxylation is 3. The Balaban J connectivity index is 0.750. The number of aromatic nitrogens is 4. The molecule has 600 valence electrons. The number of benzene rings is 4. The van der Waals surface area contributed by atoms with Crippen LogP contribution in [0.1, 0.15) is 101 Å². The molecule has 0 aliphatic carbocycles. The summed E-state index contributed by atoms with van der Waals surface area (Å²) in [5, 5.41) is 14.0.